The minimum atomic E-state index is -1.17. The van der Waals surface area contributed by atoms with Crippen molar-refractivity contribution in [1.29, 1.82) is 0 Å². The van der Waals surface area contributed by atoms with E-state index in [4.69, 9.17) is 14.2 Å². The molecule has 2 heterocycles. The first-order chi connectivity index (χ1) is 22.1. The molecule has 4 aromatic rings. The van der Waals surface area contributed by atoms with E-state index >= 15 is 0 Å². The Kier molecular flexibility index (Phi) is 9.53. The zero-order valence-corrected chi connectivity index (χ0v) is 26.3. The number of thiazole rings is 1. The topological polar surface area (TPSA) is 135 Å². The van der Waals surface area contributed by atoms with E-state index in [9.17, 15) is 24.6 Å². The highest BCUT2D eigenvalue weighted by Gasteiger charge is 2.48. The van der Waals surface area contributed by atoms with Crippen molar-refractivity contribution in [2.75, 3.05) is 18.1 Å². The Morgan fingerprint density at radius 3 is 2.52 bits per heavy atom. The van der Waals surface area contributed by atoms with E-state index in [1.807, 2.05) is 30.3 Å². The molecule has 1 aliphatic heterocycles. The van der Waals surface area contributed by atoms with Crippen LogP contribution >= 0.6 is 11.3 Å². The zero-order valence-electron chi connectivity index (χ0n) is 25.5. The molecule has 2 N–H and O–H groups in total. The molecule has 5 rings (SSSR count). The number of rotatable bonds is 11. The maximum Gasteiger partial charge on any atom is 0.350 e. The van der Waals surface area contributed by atoms with Gasteiger partial charge in [0.2, 0.25) is 0 Å². The van der Waals surface area contributed by atoms with Crippen molar-refractivity contribution < 1.29 is 38.8 Å². The number of hydrogen-bond donors (Lipinski definition) is 2. The lowest BCUT2D eigenvalue weighted by molar-refractivity contribution is -0.132. The molecule has 0 aliphatic carbocycles. The number of aliphatic hydroxyl groups is 1. The normalized spacial score (nSPS) is 15.5. The van der Waals surface area contributed by atoms with Crippen LogP contribution in [0.3, 0.4) is 0 Å². The summed E-state index contributed by atoms with van der Waals surface area (Å²) >= 11 is 0.887. The highest BCUT2D eigenvalue weighted by molar-refractivity contribution is 7.17. The first-order valence-electron chi connectivity index (χ1n) is 14.4. The van der Waals surface area contributed by atoms with Crippen LogP contribution in [0, 0.1) is 13.8 Å². The van der Waals surface area contributed by atoms with Crippen LogP contribution in [0.1, 0.15) is 50.6 Å². The van der Waals surface area contributed by atoms with Crippen molar-refractivity contribution >= 4 is 39.9 Å². The molecular weight excluding hydrogens is 608 g/mol. The number of esters is 1. The third-order valence-electron chi connectivity index (χ3n) is 7.25. The van der Waals surface area contributed by atoms with Gasteiger partial charge in [-0.1, -0.05) is 60.4 Å². The molecule has 1 atom stereocenters. The van der Waals surface area contributed by atoms with Gasteiger partial charge in [-0.3, -0.25) is 14.5 Å². The summed E-state index contributed by atoms with van der Waals surface area (Å²) in [6.45, 7) is 9.22. The number of carbonyl (C=O) groups excluding carboxylic acids is 3. The largest absolute Gasteiger partial charge is 0.507 e. The molecular formula is C35H32N2O8S. The average molecular weight is 641 g/mol. The van der Waals surface area contributed by atoms with Crippen LogP contribution < -0.4 is 14.4 Å². The van der Waals surface area contributed by atoms with Gasteiger partial charge in [0.1, 0.15) is 29.6 Å². The molecule has 0 saturated carbocycles. The van der Waals surface area contributed by atoms with E-state index in [1.165, 1.54) is 24.3 Å². The maximum atomic E-state index is 13.7. The number of hydrogen-bond acceptors (Lipinski definition) is 10. The van der Waals surface area contributed by atoms with Crippen molar-refractivity contribution in [3.05, 3.63) is 118 Å². The van der Waals surface area contributed by atoms with E-state index in [2.05, 4.69) is 11.6 Å². The number of ketones is 1. The first-order valence-corrected chi connectivity index (χ1v) is 15.3. The van der Waals surface area contributed by atoms with Crippen molar-refractivity contribution in [1.82, 2.24) is 4.98 Å². The van der Waals surface area contributed by atoms with Gasteiger partial charge in [0.25, 0.3) is 5.78 Å². The fourth-order valence-electron chi connectivity index (χ4n) is 5.07. The number of ether oxygens (including phenoxy) is 3. The Hall–Kier alpha value is -5.42. The van der Waals surface area contributed by atoms with Crippen molar-refractivity contribution in [3.8, 4) is 17.2 Å². The Morgan fingerprint density at radius 1 is 1.07 bits per heavy atom. The SMILES string of the molecule is C=CCOC(=O)c1sc(N2C(=O)C(=O)/C(=C(/O)c3ccc(OCc4ccccc4)cc3C)[C@@H]2c2ccc(O)c(OCC)c2)nc1C. The smallest absolute Gasteiger partial charge is 0.350 e. The van der Waals surface area contributed by atoms with Crippen LogP contribution in [0.2, 0.25) is 0 Å². The highest BCUT2D eigenvalue weighted by atomic mass is 32.1. The second-order valence-corrected chi connectivity index (χ2v) is 11.4. The Bertz CT molecular complexity index is 1850. The second kappa shape index (κ2) is 13.7. The third-order valence-corrected chi connectivity index (χ3v) is 8.39. The molecule has 0 radical (unpaired) electrons. The number of phenols is 1. The molecule has 1 saturated heterocycles. The monoisotopic (exact) mass is 640 g/mol. The average Bonchev–Trinajstić information content (AvgIpc) is 3.56. The van der Waals surface area contributed by atoms with E-state index in [0.717, 1.165) is 21.8 Å². The number of carbonyl (C=O) groups is 3. The lowest BCUT2D eigenvalue weighted by Crippen LogP contribution is -2.29. The van der Waals surface area contributed by atoms with E-state index in [1.54, 1.807) is 39.0 Å². The number of aromatic hydroxyl groups is 1. The number of aliphatic hydroxyl groups excluding tert-OH is 1. The molecule has 1 fully saturated rings. The maximum absolute atomic E-state index is 13.7. The Morgan fingerprint density at radius 2 is 1.83 bits per heavy atom. The molecule has 1 amide bonds. The lowest BCUT2D eigenvalue weighted by atomic mass is 9.93. The van der Waals surface area contributed by atoms with Gasteiger partial charge in [-0.05, 0) is 67.8 Å². The van der Waals surface area contributed by atoms with Crippen LogP contribution in [-0.4, -0.2) is 46.1 Å². The van der Waals surface area contributed by atoms with Crippen LogP contribution in [0.4, 0.5) is 5.13 Å². The fraction of sp³-hybridized carbons (Fsp3) is 0.200. The van der Waals surface area contributed by atoms with Gasteiger partial charge in [-0.15, -0.1) is 0 Å². The number of aromatic nitrogens is 1. The zero-order chi connectivity index (χ0) is 33.0. The first kappa shape index (κ1) is 32.0. The summed E-state index contributed by atoms with van der Waals surface area (Å²) in [6.07, 6.45) is 1.43. The number of phenolic OH excluding ortho intramolecular Hbond substituents is 1. The van der Waals surface area contributed by atoms with Crippen molar-refractivity contribution in [2.45, 2.75) is 33.4 Å². The summed E-state index contributed by atoms with van der Waals surface area (Å²) in [5, 5.41) is 22.2. The second-order valence-electron chi connectivity index (χ2n) is 10.4. The molecule has 0 spiro atoms. The van der Waals surface area contributed by atoms with Crippen LogP contribution in [0.25, 0.3) is 5.76 Å². The molecule has 11 heteroatoms. The lowest BCUT2D eigenvalue weighted by Gasteiger charge is -2.24. The van der Waals surface area contributed by atoms with Gasteiger partial charge >= 0.3 is 11.9 Å². The molecule has 3 aromatic carbocycles. The van der Waals surface area contributed by atoms with Gasteiger partial charge in [-0.2, -0.15) is 0 Å². The molecule has 46 heavy (non-hydrogen) atoms. The van der Waals surface area contributed by atoms with Gasteiger partial charge in [0.05, 0.1) is 23.9 Å². The molecule has 236 valence electrons. The van der Waals surface area contributed by atoms with E-state index in [0.29, 0.717) is 34.7 Å². The molecule has 0 bridgehead atoms. The number of anilines is 1. The number of Topliss-reactive ketones (excluding diaryl/α,β-unsaturated/α-hetero) is 1. The third kappa shape index (κ3) is 6.36. The predicted molar refractivity (Wildman–Crippen MR) is 173 cm³/mol. The fourth-order valence-corrected chi connectivity index (χ4v) is 6.06. The van der Waals surface area contributed by atoms with Crippen LogP contribution in [0.5, 0.6) is 17.2 Å². The van der Waals surface area contributed by atoms with Crippen LogP contribution in [-0.2, 0) is 20.9 Å². The summed E-state index contributed by atoms with van der Waals surface area (Å²) in [5.74, 6) is -2.39. The number of nitrogens with zero attached hydrogens (tertiary/aromatic N) is 2. The van der Waals surface area contributed by atoms with Gasteiger partial charge in [-0.25, -0.2) is 9.78 Å². The van der Waals surface area contributed by atoms with Crippen molar-refractivity contribution in [3.63, 3.8) is 0 Å². The summed E-state index contributed by atoms with van der Waals surface area (Å²) in [5.41, 5.74) is 2.39. The Labute approximate surface area is 269 Å². The standard InChI is InChI=1S/C35H32N2O8S/c1-5-16-44-34(42)32-21(4)36-35(46-32)37-29(23-12-15-26(38)27(18-23)43-6-2)28(31(40)33(37)41)30(39)25-14-13-24(17-20(25)3)45-19-22-10-8-7-9-11-22/h5,7-15,17-18,29,38-39H,1,6,16,19H2,2-4H3/b30-28+/t29-/m0/s1. The summed E-state index contributed by atoms with van der Waals surface area (Å²) in [6, 6.07) is 17.9. The van der Waals surface area contributed by atoms with Crippen LogP contribution in [0.15, 0.2) is 85.0 Å². The van der Waals surface area contributed by atoms with Gasteiger partial charge in [0, 0.05) is 5.56 Å². The molecule has 0 unspecified atom stereocenters. The summed E-state index contributed by atoms with van der Waals surface area (Å²) in [7, 11) is 0. The minimum absolute atomic E-state index is 0.0147. The van der Waals surface area contributed by atoms with E-state index in [-0.39, 0.29) is 40.3 Å². The summed E-state index contributed by atoms with van der Waals surface area (Å²) in [4.78, 5) is 45.9. The minimum Gasteiger partial charge on any atom is -0.507 e. The van der Waals surface area contributed by atoms with Gasteiger partial charge in [0.15, 0.2) is 16.6 Å². The van der Waals surface area contributed by atoms with Gasteiger partial charge < -0.3 is 24.4 Å². The highest BCUT2D eigenvalue weighted by Crippen LogP contribution is 2.46. The number of aryl methyl sites for hydroxylation is 2. The van der Waals surface area contributed by atoms with Crippen molar-refractivity contribution in [2.24, 2.45) is 0 Å². The Balaban J connectivity index is 1.60. The molecule has 10 nitrogen and oxygen atoms in total. The molecule has 1 aliphatic rings. The number of amides is 1. The quantitative estimate of drug-likeness (QED) is 0.0627. The predicted octanol–water partition coefficient (Wildman–Crippen LogP) is 6.41. The van der Waals surface area contributed by atoms with E-state index < -0.39 is 29.5 Å². The number of benzene rings is 3. The molecule has 1 aromatic heterocycles. The summed E-state index contributed by atoms with van der Waals surface area (Å²) < 4.78 is 16.7.